The number of carbonyl (C=O) groups excluding carboxylic acids is 2. The zero-order chi connectivity index (χ0) is 14.5. The molecule has 1 saturated carbocycles. The number of hydrogen-bond acceptors (Lipinski definition) is 3. The summed E-state index contributed by atoms with van der Waals surface area (Å²) in [4.78, 5) is 23.5. The van der Waals surface area contributed by atoms with Crippen LogP contribution in [0, 0.1) is 0 Å². The van der Waals surface area contributed by atoms with Crippen molar-refractivity contribution in [3.05, 3.63) is 29.3 Å². The molecule has 1 atom stereocenters. The van der Waals surface area contributed by atoms with Crippen LogP contribution in [-0.2, 0) is 9.59 Å². The Morgan fingerprint density at radius 3 is 2.70 bits per heavy atom. The van der Waals surface area contributed by atoms with E-state index in [4.69, 9.17) is 11.6 Å². The molecule has 1 aliphatic carbocycles. The molecule has 3 N–H and O–H groups in total. The van der Waals surface area contributed by atoms with E-state index in [1.165, 1.54) is 0 Å². The highest BCUT2D eigenvalue weighted by Gasteiger charge is 2.25. The molecule has 1 unspecified atom stereocenters. The number of carbonyl (C=O) groups is 2. The fourth-order valence-corrected chi connectivity index (χ4v) is 1.83. The monoisotopic (exact) mass is 295 g/mol. The van der Waals surface area contributed by atoms with E-state index in [-0.39, 0.29) is 18.4 Å². The average Bonchev–Trinajstić information content (AvgIpc) is 3.22. The van der Waals surface area contributed by atoms with E-state index in [2.05, 4.69) is 16.0 Å². The lowest BCUT2D eigenvalue weighted by atomic mass is 10.3. The van der Waals surface area contributed by atoms with Crippen LogP contribution in [0.15, 0.2) is 24.3 Å². The highest BCUT2D eigenvalue weighted by molar-refractivity contribution is 6.33. The predicted molar refractivity (Wildman–Crippen MR) is 78.7 cm³/mol. The van der Waals surface area contributed by atoms with Crippen LogP contribution < -0.4 is 16.0 Å². The zero-order valence-electron chi connectivity index (χ0n) is 11.3. The molecule has 0 bridgehead atoms. The van der Waals surface area contributed by atoms with Crippen LogP contribution in [-0.4, -0.2) is 30.4 Å². The van der Waals surface area contributed by atoms with Gasteiger partial charge in [0, 0.05) is 6.04 Å². The summed E-state index contributed by atoms with van der Waals surface area (Å²) in [6.07, 6.45) is 2.09. The summed E-state index contributed by atoms with van der Waals surface area (Å²) < 4.78 is 0. The van der Waals surface area contributed by atoms with E-state index < -0.39 is 6.04 Å². The summed E-state index contributed by atoms with van der Waals surface area (Å²) in [6.45, 7) is 1.80. The highest BCUT2D eigenvalue weighted by Crippen LogP contribution is 2.20. The van der Waals surface area contributed by atoms with Gasteiger partial charge in [0.2, 0.25) is 11.8 Å². The van der Waals surface area contributed by atoms with Crippen LogP contribution in [0.4, 0.5) is 5.69 Å². The first-order chi connectivity index (χ1) is 9.56. The molecule has 0 spiro atoms. The number of para-hydroxylation sites is 1. The number of benzene rings is 1. The molecule has 0 saturated heterocycles. The molecule has 2 rings (SSSR count). The van der Waals surface area contributed by atoms with Gasteiger partial charge in [-0.1, -0.05) is 23.7 Å². The van der Waals surface area contributed by atoms with Crippen LogP contribution in [0.3, 0.4) is 0 Å². The maximum absolute atomic E-state index is 11.8. The third-order valence-electron chi connectivity index (χ3n) is 3.03. The van der Waals surface area contributed by atoms with Gasteiger partial charge in [-0.05, 0) is 31.9 Å². The number of amides is 2. The molecule has 1 aromatic carbocycles. The van der Waals surface area contributed by atoms with Crippen LogP contribution in [0.25, 0.3) is 0 Å². The Kier molecular flexibility index (Phi) is 4.98. The van der Waals surface area contributed by atoms with Gasteiger partial charge in [-0.2, -0.15) is 0 Å². The van der Waals surface area contributed by atoms with E-state index >= 15 is 0 Å². The second-order valence-electron chi connectivity index (χ2n) is 4.91. The SMILES string of the molecule is CC(NCC(=O)Nc1ccccc1Cl)C(=O)NC1CC1. The Morgan fingerprint density at radius 2 is 2.05 bits per heavy atom. The number of anilines is 1. The normalized spacial score (nSPS) is 15.5. The molecule has 1 aliphatic rings. The largest absolute Gasteiger partial charge is 0.352 e. The first kappa shape index (κ1) is 14.8. The molecule has 0 radical (unpaired) electrons. The van der Waals surface area contributed by atoms with E-state index in [1.54, 1.807) is 31.2 Å². The first-order valence-electron chi connectivity index (χ1n) is 6.64. The molecular formula is C14H18ClN3O2. The molecule has 1 fully saturated rings. The molecule has 108 valence electrons. The Morgan fingerprint density at radius 1 is 1.35 bits per heavy atom. The minimum absolute atomic E-state index is 0.0600. The minimum Gasteiger partial charge on any atom is -0.352 e. The van der Waals surface area contributed by atoms with Crippen molar-refractivity contribution in [2.75, 3.05) is 11.9 Å². The van der Waals surface area contributed by atoms with Crippen molar-refractivity contribution >= 4 is 29.1 Å². The fourth-order valence-electron chi connectivity index (χ4n) is 1.65. The van der Waals surface area contributed by atoms with Crippen molar-refractivity contribution in [1.82, 2.24) is 10.6 Å². The van der Waals surface area contributed by atoms with Crippen LogP contribution in [0.1, 0.15) is 19.8 Å². The molecule has 6 heteroatoms. The predicted octanol–water partition coefficient (Wildman–Crippen LogP) is 1.54. The van der Waals surface area contributed by atoms with Gasteiger partial charge in [-0.25, -0.2) is 0 Å². The Labute approximate surface area is 123 Å². The van der Waals surface area contributed by atoms with Gasteiger partial charge in [0.05, 0.1) is 23.3 Å². The molecule has 0 aliphatic heterocycles. The van der Waals surface area contributed by atoms with Crippen molar-refractivity contribution in [3.8, 4) is 0 Å². The standard InChI is InChI=1S/C14H18ClN3O2/c1-9(14(20)17-10-6-7-10)16-8-13(19)18-12-5-3-2-4-11(12)15/h2-5,9-10,16H,6-8H2,1H3,(H,17,20)(H,18,19). The van der Waals surface area contributed by atoms with Crippen molar-refractivity contribution in [2.24, 2.45) is 0 Å². The van der Waals surface area contributed by atoms with E-state index in [1.807, 2.05) is 0 Å². The van der Waals surface area contributed by atoms with Gasteiger partial charge in [-0.15, -0.1) is 0 Å². The van der Waals surface area contributed by atoms with Gasteiger partial charge in [-0.3, -0.25) is 14.9 Å². The van der Waals surface area contributed by atoms with Gasteiger partial charge >= 0.3 is 0 Å². The number of rotatable bonds is 6. The van der Waals surface area contributed by atoms with E-state index in [0.29, 0.717) is 16.8 Å². The fraction of sp³-hybridized carbons (Fsp3) is 0.429. The summed E-state index contributed by atoms with van der Waals surface area (Å²) in [7, 11) is 0. The van der Waals surface area contributed by atoms with Crippen molar-refractivity contribution in [2.45, 2.75) is 31.8 Å². The molecule has 1 aromatic rings. The van der Waals surface area contributed by atoms with Crippen molar-refractivity contribution in [3.63, 3.8) is 0 Å². The third kappa shape index (κ3) is 4.51. The third-order valence-corrected chi connectivity index (χ3v) is 3.36. The van der Waals surface area contributed by atoms with Gasteiger partial charge in [0.15, 0.2) is 0 Å². The van der Waals surface area contributed by atoms with Crippen LogP contribution >= 0.6 is 11.6 Å². The van der Waals surface area contributed by atoms with Gasteiger partial charge in [0.1, 0.15) is 0 Å². The Bertz CT molecular complexity index is 503. The molecule has 5 nitrogen and oxygen atoms in total. The second kappa shape index (κ2) is 6.72. The van der Waals surface area contributed by atoms with Crippen molar-refractivity contribution < 1.29 is 9.59 Å². The lowest BCUT2D eigenvalue weighted by Gasteiger charge is -2.14. The highest BCUT2D eigenvalue weighted by atomic mass is 35.5. The van der Waals surface area contributed by atoms with Gasteiger partial charge < -0.3 is 10.6 Å². The van der Waals surface area contributed by atoms with E-state index in [9.17, 15) is 9.59 Å². The summed E-state index contributed by atoms with van der Waals surface area (Å²) in [5.74, 6) is -0.304. The molecule has 0 heterocycles. The summed E-state index contributed by atoms with van der Waals surface area (Å²) in [5.41, 5.74) is 0.566. The Hall–Kier alpha value is -1.59. The summed E-state index contributed by atoms with van der Waals surface area (Å²) in [6, 6.07) is 6.94. The lowest BCUT2D eigenvalue weighted by molar-refractivity contribution is -0.123. The number of halogens is 1. The molecule has 2 amide bonds. The average molecular weight is 296 g/mol. The minimum atomic E-state index is -0.396. The molecular weight excluding hydrogens is 278 g/mol. The quantitative estimate of drug-likeness (QED) is 0.745. The first-order valence-corrected chi connectivity index (χ1v) is 7.02. The zero-order valence-corrected chi connectivity index (χ0v) is 12.0. The molecule has 0 aromatic heterocycles. The van der Waals surface area contributed by atoms with Gasteiger partial charge in [0.25, 0.3) is 0 Å². The Balaban J connectivity index is 1.74. The van der Waals surface area contributed by atoms with Crippen LogP contribution in [0.2, 0.25) is 5.02 Å². The number of nitrogens with one attached hydrogen (secondary N) is 3. The van der Waals surface area contributed by atoms with Crippen molar-refractivity contribution in [1.29, 1.82) is 0 Å². The topological polar surface area (TPSA) is 70.2 Å². The van der Waals surface area contributed by atoms with E-state index in [0.717, 1.165) is 12.8 Å². The smallest absolute Gasteiger partial charge is 0.238 e. The maximum Gasteiger partial charge on any atom is 0.238 e. The van der Waals surface area contributed by atoms with Crippen LogP contribution in [0.5, 0.6) is 0 Å². The second-order valence-corrected chi connectivity index (χ2v) is 5.32. The molecule has 20 heavy (non-hydrogen) atoms. The number of hydrogen-bond donors (Lipinski definition) is 3. The summed E-state index contributed by atoms with van der Waals surface area (Å²) in [5, 5.41) is 8.95. The summed E-state index contributed by atoms with van der Waals surface area (Å²) >= 11 is 5.95. The maximum atomic E-state index is 11.8. The lowest BCUT2D eigenvalue weighted by Crippen LogP contribution is -2.45.